The quantitative estimate of drug-likeness (QED) is 0.157. The van der Waals surface area contributed by atoms with Crippen molar-refractivity contribution in [2.75, 3.05) is 39.4 Å². The molecule has 1 aromatic carbocycles. The normalized spacial score (nSPS) is 12.4. The molecule has 0 radical (unpaired) electrons. The number of H-pyrrole nitrogens is 1. The number of benzene rings is 1. The van der Waals surface area contributed by atoms with Crippen LogP contribution in [0.4, 0.5) is 0 Å². The van der Waals surface area contributed by atoms with Crippen molar-refractivity contribution in [2.45, 2.75) is 90.9 Å². The van der Waals surface area contributed by atoms with E-state index in [0.29, 0.717) is 24.3 Å². The Kier molecular flexibility index (Phi) is 22.6. The second kappa shape index (κ2) is 25.6. The summed E-state index contributed by atoms with van der Waals surface area (Å²) in [6.07, 6.45) is 17.4. The molecule has 0 spiro atoms. The molecular weight excluding hydrogens is 490 g/mol. The maximum atomic E-state index is 12.4. The molecule has 0 unspecified atom stereocenters. The summed E-state index contributed by atoms with van der Waals surface area (Å²) in [4.78, 5) is 27.6. The Morgan fingerprint density at radius 1 is 0.590 bits per heavy atom. The lowest BCUT2D eigenvalue weighted by Crippen LogP contribution is -2.39. The number of rotatable bonds is 16. The van der Waals surface area contributed by atoms with Crippen LogP contribution in [0.25, 0.3) is 0 Å². The van der Waals surface area contributed by atoms with E-state index < -0.39 is 11.9 Å². The molecule has 7 nitrogen and oxygen atoms in total. The van der Waals surface area contributed by atoms with E-state index in [9.17, 15) is 9.59 Å². The third-order valence-corrected chi connectivity index (χ3v) is 6.28. The summed E-state index contributed by atoms with van der Waals surface area (Å²) >= 11 is 0. The van der Waals surface area contributed by atoms with Gasteiger partial charge in [-0.1, -0.05) is 90.2 Å². The van der Waals surface area contributed by atoms with Crippen LogP contribution in [0.2, 0.25) is 0 Å². The maximum absolute atomic E-state index is 12.4. The Bertz CT molecular complexity index is 745. The summed E-state index contributed by atoms with van der Waals surface area (Å²) < 4.78 is 10.7. The van der Waals surface area contributed by atoms with Crippen LogP contribution < -0.4 is 10.6 Å². The number of carbonyl (C=O) groups is 2. The minimum atomic E-state index is -0.444. The summed E-state index contributed by atoms with van der Waals surface area (Å²) in [6, 6.07) is 10.6. The molecule has 1 fully saturated rings. The van der Waals surface area contributed by atoms with Gasteiger partial charge in [0.15, 0.2) is 0 Å². The summed E-state index contributed by atoms with van der Waals surface area (Å²) in [6.45, 7) is 9.73. The summed E-state index contributed by atoms with van der Waals surface area (Å²) in [5, 5.41) is 6.44. The van der Waals surface area contributed by atoms with Crippen LogP contribution in [0.15, 0.2) is 48.8 Å². The van der Waals surface area contributed by atoms with E-state index in [0.717, 1.165) is 51.9 Å². The van der Waals surface area contributed by atoms with E-state index in [1.807, 2.05) is 24.5 Å². The monoisotopic (exact) mass is 543 g/mol. The molecule has 1 aromatic heterocycles. The lowest BCUT2D eigenvalue weighted by Gasteiger charge is -2.11. The molecule has 0 atom stereocenters. The Morgan fingerprint density at radius 3 is 1.31 bits per heavy atom. The molecule has 0 amide bonds. The fraction of sp³-hybridized carbons (Fsp3) is 0.625. The highest BCUT2D eigenvalue weighted by atomic mass is 16.5. The molecule has 2 heterocycles. The van der Waals surface area contributed by atoms with Gasteiger partial charge in [0, 0.05) is 38.6 Å². The first-order chi connectivity index (χ1) is 19.2. The number of esters is 2. The first-order valence-electron chi connectivity index (χ1n) is 15.1. The smallest absolute Gasteiger partial charge is 0.339 e. The van der Waals surface area contributed by atoms with Gasteiger partial charge in [0.2, 0.25) is 0 Å². The van der Waals surface area contributed by atoms with Gasteiger partial charge in [-0.25, -0.2) is 9.59 Å². The summed E-state index contributed by atoms with van der Waals surface area (Å²) in [5.41, 5.74) is 0.586. The minimum Gasteiger partial charge on any atom is -0.462 e. The number of carbonyl (C=O) groups excluding carboxylic acids is 2. The first kappa shape index (κ1) is 34.4. The predicted octanol–water partition coefficient (Wildman–Crippen LogP) is 6.92. The number of nitrogens with one attached hydrogen (secondary N) is 3. The predicted molar refractivity (Wildman–Crippen MR) is 160 cm³/mol. The van der Waals surface area contributed by atoms with Crippen LogP contribution in [0.1, 0.15) is 112 Å². The van der Waals surface area contributed by atoms with E-state index in [2.05, 4.69) is 29.5 Å². The molecule has 1 aliphatic rings. The third-order valence-electron chi connectivity index (χ3n) is 6.28. The molecular formula is C32H53N3O4. The summed E-state index contributed by atoms with van der Waals surface area (Å²) in [5.74, 6) is -0.888. The van der Waals surface area contributed by atoms with Crippen LogP contribution in [-0.4, -0.2) is 56.3 Å². The fourth-order valence-corrected chi connectivity index (χ4v) is 3.97. The van der Waals surface area contributed by atoms with Gasteiger partial charge in [-0.05, 0) is 37.1 Å². The van der Waals surface area contributed by atoms with Gasteiger partial charge < -0.3 is 25.1 Å². The van der Waals surface area contributed by atoms with Gasteiger partial charge in [-0.15, -0.1) is 0 Å². The zero-order valence-corrected chi connectivity index (χ0v) is 24.5. The number of hydrogen-bond acceptors (Lipinski definition) is 6. The standard InChI is InChI=1S/C24H38O4.C4H10N2.C4H5N/c1-3-5-7-9-11-15-19-27-23(25)21-17-13-14-18-22(21)24(26)28-20-16-12-10-8-6-4-2;1-2-6-4-3-5-1;1-2-4-5-3-1/h13-14,17-18H,3-12,15-16,19-20H2,1-2H3;5-6H,1-4H2;1-5H. The van der Waals surface area contributed by atoms with Gasteiger partial charge >= 0.3 is 11.9 Å². The van der Waals surface area contributed by atoms with E-state index in [1.54, 1.807) is 24.3 Å². The Morgan fingerprint density at radius 2 is 0.974 bits per heavy atom. The fourth-order valence-electron chi connectivity index (χ4n) is 3.97. The van der Waals surface area contributed by atoms with Gasteiger partial charge in [0.25, 0.3) is 0 Å². The molecule has 7 heteroatoms. The van der Waals surface area contributed by atoms with Crippen molar-refractivity contribution in [1.82, 2.24) is 15.6 Å². The third kappa shape index (κ3) is 19.1. The molecule has 0 saturated carbocycles. The van der Waals surface area contributed by atoms with Crippen molar-refractivity contribution in [3.05, 3.63) is 59.9 Å². The Hall–Kier alpha value is -2.64. The largest absolute Gasteiger partial charge is 0.462 e. The van der Waals surface area contributed by atoms with Crippen molar-refractivity contribution < 1.29 is 19.1 Å². The maximum Gasteiger partial charge on any atom is 0.339 e. The minimum absolute atomic E-state index is 0.293. The van der Waals surface area contributed by atoms with E-state index in [4.69, 9.17) is 9.47 Å². The van der Waals surface area contributed by atoms with E-state index in [-0.39, 0.29) is 0 Å². The van der Waals surface area contributed by atoms with Gasteiger partial charge in [0.1, 0.15) is 0 Å². The molecule has 1 aliphatic heterocycles. The van der Waals surface area contributed by atoms with E-state index in [1.165, 1.54) is 51.4 Å². The number of aromatic nitrogens is 1. The Balaban J connectivity index is 0.000000560. The highest BCUT2D eigenvalue weighted by Gasteiger charge is 2.18. The van der Waals surface area contributed by atoms with Crippen LogP contribution >= 0.6 is 0 Å². The molecule has 39 heavy (non-hydrogen) atoms. The number of hydrogen-bond donors (Lipinski definition) is 3. The van der Waals surface area contributed by atoms with Gasteiger partial charge in [-0.2, -0.15) is 0 Å². The molecule has 1 saturated heterocycles. The molecule has 0 bridgehead atoms. The SMILES string of the molecule is C1CNCCN1.CCCCCCCCOC(=O)c1ccccc1C(=O)OCCCCCCCC.c1cc[nH]c1. The molecule has 0 aliphatic carbocycles. The highest BCUT2D eigenvalue weighted by molar-refractivity contribution is 6.03. The first-order valence-corrected chi connectivity index (χ1v) is 15.1. The zero-order chi connectivity index (χ0) is 28.2. The number of ether oxygens (including phenoxy) is 2. The average molecular weight is 544 g/mol. The topological polar surface area (TPSA) is 92.5 Å². The molecule has 2 aromatic rings. The van der Waals surface area contributed by atoms with Gasteiger partial charge in [-0.3, -0.25) is 0 Å². The van der Waals surface area contributed by atoms with Gasteiger partial charge in [0.05, 0.1) is 24.3 Å². The Labute approximate surface area is 236 Å². The van der Waals surface area contributed by atoms with Crippen molar-refractivity contribution >= 4 is 11.9 Å². The van der Waals surface area contributed by atoms with Crippen LogP contribution in [-0.2, 0) is 9.47 Å². The number of unbranched alkanes of at least 4 members (excludes halogenated alkanes) is 10. The van der Waals surface area contributed by atoms with Crippen molar-refractivity contribution in [1.29, 1.82) is 0 Å². The van der Waals surface area contributed by atoms with Crippen LogP contribution in [0.3, 0.4) is 0 Å². The second-order valence-corrected chi connectivity index (χ2v) is 9.74. The average Bonchev–Trinajstić information content (AvgIpc) is 3.58. The van der Waals surface area contributed by atoms with Crippen LogP contribution in [0.5, 0.6) is 0 Å². The lowest BCUT2D eigenvalue weighted by atomic mass is 10.1. The van der Waals surface area contributed by atoms with Crippen LogP contribution in [0, 0.1) is 0 Å². The highest BCUT2D eigenvalue weighted by Crippen LogP contribution is 2.14. The van der Waals surface area contributed by atoms with E-state index >= 15 is 0 Å². The lowest BCUT2D eigenvalue weighted by molar-refractivity contribution is 0.0450. The molecule has 3 rings (SSSR count). The molecule has 220 valence electrons. The summed E-state index contributed by atoms with van der Waals surface area (Å²) in [7, 11) is 0. The number of aromatic amines is 1. The van der Waals surface area contributed by atoms with Crippen molar-refractivity contribution in [3.63, 3.8) is 0 Å². The zero-order valence-electron chi connectivity index (χ0n) is 24.5. The number of piperazine rings is 1. The van der Waals surface area contributed by atoms with Crippen molar-refractivity contribution in [2.24, 2.45) is 0 Å². The second-order valence-electron chi connectivity index (χ2n) is 9.74. The van der Waals surface area contributed by atoms with Crippen molar-refractivity contribution in [3.8, 4) is 0 Å². The molecule has 3 N–H and O–H groups in total.